The van der Waals surface area contributed by atoms with Crippen LogP contribution in [0.2, 0.25) is 0 Å². The number of hydrogen-bond donors (Lipinski definition) is 0. The Hall–Kier alpha value is -3.72. The van der Waals surface area contributed by atoms with E-state index in [2.05, 4.69) is 14.7 Å². The molecule has 0 N–H and O–H groups in total. The van der Waals surface area contributed by atoms with Crippen LogP contribution in [0.15, 0.2) is 71.4 Å². The summed E-state index contributed by atoms with van der Waals surface area (Å²) in [4.78, 5) is 15.6. The number of carbonyl (C=O) groups excluding carboxylic acids is 1. The van der Waals surface area contributed by atoms with Crippen LogP contribution in [0, 0.1) is 5.41 Å². The second-order valence-electron chi connectivity index (χ2n) is 9.02. The van der Waals surface area contributed by atoms with Crippen LogP contribution in [-0.4, -0.2) is 20.5 Å². The smallest absolute Gasteiger partial charge is 0.346 e. The highest BCUT2D eigenvalue weighted by molar-refractivity contribution is 7.16. The quantitative estimate of drug-likeness (QED) is 0.262. The van der Waals surface area contributed by atoms with E-state index in [1.807, 2.05) is 37.4 Å². The first-order valence-corrected chi connectivity index (χ1v) is 11.8. The summed E-state index contributed by atoms with van der Waals surface area (Å²) in [5, 5.41) is 4.97. The van der Waals surface area contributed by atoms with Gasteiger partial charge in [-0.1, -0.05) is 42.4 Å². The number of Topliss-reactive ketones (excluding diaryl/α,β-unsaturated/α-hetero) is 1. The van der Waals surface area contributed by atoms with E-state index in [0.29, 0.717) is 41.3 Å². The number of halogens is 3. The van der Waals surface area contributed by atoms with Crippen molar-refractivity contribution in [3.8, 4) is 33.3 Å². The van der Waals surface area contributed by atoms with E-state index in [4.69, 9.17) is 4.52 Å². The molecule has 1 aliphatic carbocycles. The molecule has 1 aliphatic rings. The molecule has 9 heteroatoms. The van der Waals surface area contributed by atoms with E-state index in [0.717, 1.165) is 10.9 Å². The molecule has 2 aromatic carbocycles. The lowest BCUT2D eigenvalue weighted by atomic mass is 10.1. The SMILES string of the molecule is CC1(Cn2ccc3cc(-c4noc(-c5cc(-c6ccccc6)c(C(F)(F)F)s5)n4)ccc32)CC1=O. The van der Waals surface area contributed by atoms with Crippen LogP contribution in [0.4, 0.5) is 13.2 Å². The van der Waals surface area contributed by atoms with Gasteiger partial charge in [0.2, 0.25) is 5.82 Å². The summed E-state index contributed by atoms with van der Waals surface area (Å²) in [7, 11) is 0. The number of aromatic nitrogens is 3. The lowest BCUT2D eigenvalue weighted by Gasteiger charge is -2.09. The van der Waals surface area contributed by atoms with Gasteiger partial charge in [0.25, 0.3) is 5.89 Å². The molecule has 35 heavy (non-hydrogen) atoms. The minimum absolute atomic E-state index is 0.0375. The number of ketones is 1. The maximum atomic E-state index is 13.7. The fraction of sp³-hybridized carbons (Fsp3) is 0.192. The van der Waals surface area contributed by atoms with Gasteiger partial charge in [-0.3, -0.25) is 4.79 Å². The zero-order valence-corrected chi connectivity index (χ0v) is 19.3. The first-order valence-electron chi connectivity index (χ1n) is 10.9. The van der Waals surface area contributed by atoms with Gasteiger partial charge in [0.1, 0.15) is 10.7 Å². The second-order valence-corrected chi connectivity index (χ2v) is 10.1. The van der Waals surface area contributed by atoms with Crippen molar-refractivity contribution >= 4 is 28.0 Å². The Bertz CT molecular complexity index is 1580. The molecular weight excluding hydrogens is 475 g/mol. The third-order valence-electron chi connectivity index (χ3n) is 6.36. The summed E-state index contributed by atoms with van der Waals surface area (Å²) in [5.41, 5.74) is 1.94. The first-order chi connectivity index (χ1) is 16.7. The van der Waals surface area contributed by atoms with Crippen molar-refractivity contribution in [1.82, 2.24) is 14.7 Å². The Balaban J connectivity index is 1.33. The normalized spacial score (nSPS) is 17.9. The minimum Gasteiger partial charge on any atom is -0.346 e. The third kappa shape index (κ3) is 3.85. The van der Waals surface area contributed by atoms with Gasteiger partial charge in [0.05, 0.1) is 10.3 Å². The van der Waals surface area contributed by atoms with E-state index in [9.17, 15) is 18.0 Å². The fourth-order valence-corrected chi connectivity index (χ4v) is 5.26. The molecule has 0 spiro atoms. The Morgan fingerprint density at radius 1 is 1.09 bits per heavy atom. The molecule has 3 aromatic heterocycles. The van der Waals surface area contributed by atoms with Crippen molar-refractivity contribution in [2.75, 3.05) is 0 Å². The molecule has 0 saturated heterocycles. The summed E-state index contributed by atoms with van der Waals surface area (Å²) in [6.07, 6.45) is -1.96. The monoisotopic (exact) mass is 493 g/mol. The lowest BCUT2D eigenvalue weighted by molar-refractivity contribution is -0.133. The van der Waals surface area contributed by atoms with Crippen LogP contribution in [0.5, 0.6) is 0 Å². The average molecular weight is 494 g/mol. The zero-order chi connectivity index (χ0) is 24.4. The molecule has 5 nitrogen and oxygen atoms in total. The van der Waals surface area contributed by atoms with Crippen LogP contribution in [0.1, 0.15) is 18.2 Å². The lowest BCUT2D eigenvalue weighted by Crippen LogP contribution is -2.09. The fourth-order valence-electron chi connectivity index (χ4n) is 4.29. The van der Waals surface area contributed by atoms with Gasteiger partial charge in [-0.05, 0) is 35.9 Å². The van der Waals surface area contributed by atoms with Crippen molar-refractivity contribution in [3.05, 3.63) is 71.7 Å². The largest absolute Gasteiger partial charge is 0.426 e. The Labute approximate surface area is 201 Å². The Kier molecular flexibility index (Phi) is 4.76. The molecule has 1 saturated carbocycles. The maximum Gasteiger partial charge on any atom is 0.426 e. The molecular formula is C26H18F3N3O2S. The molecule has 1 unspecified atom stereocenters. The van der Waals surface area contributed by atoms with Gasteiger partial charge in [-0.25, -0.2) is 0 Å². The van der Waals surface area contributed by atoms with E-state index < -0.39 is 11.1 Å². The topological polar surface area (TPSA) is 60.9 Å². The first kappa shape index (κ1) is 21.8. The number of rotatable bonds is 5. The molecule has 6 rings (SSSR count). The minimum atomic E-state index is -4.50. The predicted molar refractivity (Wildman–Crippen MR) is 127 cm³/mol. The van der Waals surface area contributed by atoms with Crippen LogP contribution < -0.4 is 0 Å². The number of hydrogen-bond acceptors (Lipinski definition) is 5. The number of thiophene rings is 1. The van der Waals surface area contributed by atoms with Crippen LogP contribution >= 0.6 is 11.3 Å². The summed E-state index contributed by atoms with van der Waals surface area (Å²) in [5.74, 6) is 0.602. The van der Waals surface area contributed by atoms with Gasteiger partial charge >= 0.3 is 6.18 Å². The highest BCUT2D eigenvalue weighted by Gasteiger charge is 2.49. The standard InChI is InChI=1S/C26H18F3N3O2S/c1-25(13-21(25)33)14-32-10-9-16-11-17(7-8-19(16)32)23-30-24(34-31-23)20-12-18(15-5-3-2-4-6-15)22(35-20)26(27,28)29/h2-12H,13-14H2,1H3. The van der Waals surface area contributed by atoms with Crippen LogP contribution in [0.25, 0.3) is 44.2 Å². The van der Waals surface area contributed by atoms with Gasteiger partial charge in [-0.2, -0.15) is 18.2 Å². The van der Waals surface area contributed by atoms with Crippen molar-refractivity contribution in [1.29, 1.82) is 0 Å². The van der Waals surface area contributed by atoms with Gasteiger partial charge < -0.3 is 9.09 Å². The van der Waals surface area contributed by atoms with E-state index >= 15 is 0 Å². The van der Waals surface area contributed by atoms with Crippen LogP contribution in [0.3, 0.4) is 0 Å². The summed E-state index contributed by atoms with van der Waals surface area (Å²) < 4.78 is 48.6. The molecule has 3 heterocycles. The Morgan fingerprint density at radius 2 is 1.86 bits per heavy atom. The zero-order valence-electron chi connectivity index (χ0n) is 18.5. The van der Waals surface area contributed by atoms with Crippen molar-refractivity contribution < 1.29 is 22.5 Å². The van der Waals surface area contributed by atoms with Crippen molar-refractivity contribution in [2.45, 2.75) is 26.1 Å². The second kappa shape index (κ2) is 7.64. The number of alkyl halides is 3. The Morgan fingerprint density at radius 3 is 2.57 bits per heavy atom. The predicted octanol–water partition coefficient (Wildman–Crippen LogP) is 7.08. The van der Waals surface area contributed by atoms with Crippen molar-refractivity contribution in [2.24, 2.45) is 5.41 Å². The molecule has 176 valence electrons. The van der Waals surface area contributed by atoms with E-state index in [1.54, 1.807) is 30.3 Å². The number of nitrogens with zero attached hydrogens (tertiary/aromatic N) is 3. The third-order valence-corrected chi connectivity index (χ3v) is 7.53. The molecule has 1 fully saturated rings. The van der Waals surface area contributed by atoms with Gasteiger partial charge in [-0.15, -0.1) is 11.3 Å². The highest BCUT2D eigenvalue weighted by Crippen LogP contribution is 2.46. The molecule has 5 aromatic rings. The summed E-state index contributed by atoms with van der Waals surface area (Å²) in [6, 6.07) is 17.5. The average Bonchev–Trinajstić information content (AvgIpc) is 3.34. The molecule has 0 amide bonds. The van der Waals surface area contributed by atoms with E-state index in [1.165, 1.54) is 6.07 Å². The van der Waals surface area contributed by atoms with Crippen molar-refractivity contribution in [3.63, 3.8) is 0 Å². The van der Waals surface area contributed by atoms with E-state index in [-0.39, 0.29) is 27.5 Å². The maximum absolute atomic E-state index is 13.7. The summed E-state index contributed by atoms with van der Waals surface area (Å²) >= 11 is 0.588. The highest BCUT2D eigenvalue weighted by atomic mass is 32.1. The van der Waals surface area contributed by atoms with Gasteiger partial charge in [0, 0.05) is 41.2 Å². The van der Waals surface area contributed by atoms with Gasteiger partial charge in [0.15, 0.2) is 0 Å². The molecule has 0 radical (unpaired) electrons. The number of fused-ring (bicyclic) bond motifs is 1. The van der Waals surface area contributed by atoms with Crippen LogP contribution in [-0.2, 0) is 17.5 Å². The molecule has 1 atom stereocenters. The molecule has 0 bridgehead atoms. The molecule has 0 aliphatic heterocycles. The number of benzene rings is 2. The number of carbonyl (C=O) groups is 1. The summed E-state index contributed by atoms with van der Waals surface area (Å²) in [6.45, 7) is 2.60.